The van der Waals surface area contributed by atoms with Gasteiger partial charge in [0, 0.05) is 11.1 Å². The molecule has 25 heavy (non-hydrogen) atoms. The van der Waals surface area contributed by atoms with E-state index in [9.17, 15) is 10.2 Å². The molecule has 0 bridgehead atoms. The minimum absolute atomic E-state index is 0.345. The molecule has 0 unspecified atom stereocenters. The van der Waals surface area contributed by atoms with Crippen LogP contribution in [0, 0.1) is 10.8 Å². The maximum Gasteiger partial charge on any atom is 0.119 e. The van der Waals surface area contributed by atoms with Gasteiger partial charge in [-0.3, -0.25) is 0 Å². The van der Waals surface area contributed by atoms with E-state index in [1.54, 1.807) is 12.1 Å². The Bertz CT molecular complexity index is 524. The lowest BCUT2D eigenvalue weighted by Gasteiger charge is -2.22. The number of rotatable bonds is 10. The van der Waals surface area contributed by atoms with E-state index in [4.69, 9.17) is 0 Å². The summed E-state index contributed by atoms with van der Waals surface area (Å²) in [5.41, 5.74) is 2.68. The lowest BCUT2D eigenvalue weighted by Crippen LogP contribution is -2.09. The number of phenolic OH excluding ortho intramolecular Hbond substituents is 2. The van der Waals surface area contributed by atoms with Gasteiger partial charge in [0.1, 0.15) is 11.5 Å². The lowest BCUT2D eigenvalue weighted by molar-refractivity contribution is 0.309. The van der Waals surface area contributed by atoms with Gasteiger partial charge in [0.05, 0.1) is 0 Å². The molecule has 0 heterocycles. The van der Waals surface area contributed by atoms with Crippen LogP contribution in [0.5, 0.6) is 11.5 Å². The first-order valence-electron chi connectivity index (χ1n) is 10.1. The zero-order chi connectivity index (χ0) is 19.1. The van der Waals surface area contributed by atoms with E-state index in [1.807, 2.05) is 0 Å². The highest BCUT2D eigenvalue weighted by atomic mass is 16.3. The summed E-state index contributed by atoms with van der Waals surface area (Å²) in [4.78, 5) is 0. The molecule has 0 aromatic heterocycles. The lowest BCUT2D eigenvalue weighted by atomic mass is 9.84. The predicted octanol–water partition coefficient (Wildman–Crippen LogP) is 7.01. The van der Waals surface area contributed by atoms with Crippen LogP contribution in [-0.4, -0.2) is 10.2 Å². The quantitative estimate of drug-likeness (QED) is 0.353. The summed E-state index contributed by atoms with van der Waals surface area (Å²) >= 11 is 0. The zero-order valence-electron chi connectivity index (χ0n) is 17.4. The number of benzene rings is 1. The molecule has 0 saturated heterocycles. The zero-order valence-corrected chi connectivity index (χ0v) is 17.4. The number of unbranched alkanes of at least 4 members (excludes halogenated alkanes) is 2. The fourth-order valence-corrected chi connectivity index (χ4v) is 3.27. The molecular weight excluding hydrogens is 308 g/mol. The first-order valence-corrected chi connectivity index (χ1v) is 10.1. The molecule has 2 N–H and O–H groups in total. The molecule has 0 aliphatic carbocycles. The third kappa shape index (κ3) is 8.16. The van der Waals surface area contributed by atoms with Crippen molar-refractivity contribution >= 4 is 0 Å². The Morgan fingerprint density at radius 3 is 1.56 bits per heavy atom. The van der Waals surface area contributed by atoms with Crippen LogP contribution in [-0.2, 0) is 12.8 Å². The highest BCUT2D eigenvalue weighted by molar-refractivity contribution is 5.47. The summed E-state index contributed by atoms with van der Waals surface area (Å²) in [7, 11) is 0. The van der Waals surface area contributed by atoms with Gasteiger partial charge in [-0.15, -0.1) is 0 Å². The molecule has 0 saturated carbocycles. The van der Waals surface area contributed by atoms with E-state index < -0.39 is 0 Å². The molecule has 1 aromatic carbocycles. The molecule has 2 heteroatoms. The molecule has 0 aliphatic rings. The molecular formula is C23H40O2. The third-order valence-electron chi connectivity index (χ3n) is 5.47. The molecule has 0 fully saturated rings. The van der Waals surface area contributed by atoms with Crippen LogP contribution >= 0.6 is 0 Å². The van der Waals surface area contributed by atoms with Crippen molar-refractivity contribution in [1.29, 1.82) is 0 Å². The minimum atomic E-state index is 0.345. The largest absolute Gasteiger partial charge is 0.508 e. The summed E-state index contributed by atoms with van der Waals surface area (Å²) < 4.78 is 0. The van der Waals surface area contributed by atoms with Crippen molar-refractivity contribution in [3.05, 3.63) is 23.3 Å². The number of phenols is 2. The Kier molecular flexibility index (Phi) is 8.31. The van der Waals surface area contributed by atoms with E-state index in [0.29, 0.717) is 22.3 Å². The Morgan fingerprint density at radius 2 is 1.16 bits per heavy atom. The van der Waals surface area contributed by atoms with Crippen molar-refractivity contribution in [1.82, 2.24) is 0 Å². The predicted molar refractivity (Wildman–Crippen MR) is 108 cm³/mol. The second kappa shape index (κ2) is 9.50. The monoisotopic (exact) mass is 348 g/mol. The molecule has 1 aromatic rings. The van der Waals surface area contributed by atoms with Crippen molar-refractivity contribution in [3.8, 4) is 11.5 Å². The van der Waals surface area contributed by atoms with Gasteiger partial charge in [-0.05, 0) is 61.5 Å². The SMILES string of the molecule is CCC(C)(C)CCCCc1c(O)ccc(O)c1CCCCC(C)(C)C. The first kappa shape index (κ1) is 21.9. The Hall–Kier alpha value is -1.18. The van der Waals surface area contributed by atoms with Crippen molar-refractivity contribution in [2.24, 2.45) is 10.8 Å². The minimum Gasteiger partial charge on any atom is -0.508 e. The Morgan fingerprint density at radius 1 is 0.720 bits per heavy atom. The molecule has 0 amide bonds. The molecule has 1 rings (SSSR count). The second-order valence-electron chi connectivity index (χ2n) is 9.55. The summed E-state index contributed by atoms with van der Waals surface area (Å²) in [6.07, 6.45) is 9.75. The van der Waals surface area contributed by atoms with E-state index in [1.165, 1.54) is 25.7 Å². The summed E-state index contributed by atoms with van der Waals surface area (Å²) in [5, 5.41) is 20.6. The van der Waals surface area contributed by atoms with Gasteiger partial charge in [-0.25, -0.2) is 0 Å². The number of hydrogen-bond acceptors (Lipinski definition) is 2. The summed E-state index contributed by atoms with van der Waals surface area (Å²) in [6.45, 7) is 13.7. The van der Waals surface area contributed by atoms with Gasteiger partial charge in [0.2, 0.25) is 0 Å². The molecule has 0 spiro atoms. The smallest absolute Gasteiger partial charge is 0.119 e. The van der Waals surface area contributed by atoms with Gasteiger partial charge < -0.3 is 10.2 Å². The van der Waals surface area contributed by atoms with Crippen molar-refractivity contribution in [2.45, 2.75) is 99.3 Å². The Balaban J connectivity index is 2.64. The Labute approximate surface area is 155 Å². The third-order valence-corrected chi connectivity index (χ3v) is 5.47. The second-order valence-corrected chi connectivity index (χ2v) is 9.55. The van der Waals surface area contributed by atoms with Crippen LogP contribution in [0.4, 0.5) is 0 Å². The number of aromatic hydroxyl groups is 2. The maximum atomic E-state index is 10.3. The summed E-state index contributed by atoms with van der Waals surface area (Å²) in [6, 6.07) is 3.28. The highest BCUT2D eigenvalue weighted by Gasteiger charge is 2.16. The standard InChI is InChI=1S/C23H40O2/c1-7-23(5,6)17-11-9-13-19-18(20(24)14-15-21(19)25)12-8-10-16-22(2,3)4/h14-15,24-25H,7-13,16-17H2,1-6H3. The topological polar surface area (TPSA) is 40.5 Å². The summed E-state index contributed by atoms with van der Waals surface area (Å²) in [5.74, 6) is 0.691. The van der Waals surface area contributed by atoms with Crippen LogP contribution in [0.3, 0.4) is 0 Å². The number of hydrogen-bond donors (Lipinski definition) is 2. The van der Waals surface area contributed by atoms with Crippen LogP contribution < -0.4 is 0 Å². The van der Waals surface area contributed by atoms with Crippen LogP contribution in [0.1, 0.15) is 97.6 Å². The van der Waals surface area contributed by atoms with Gasteiger partial charge in [0.25, 0.3) is 0 Å². The normalized spacial score (nSPS) is 12.6. The molecule has 2 nitrogen and oxygen atoms in total. The van der Waals surface area contributed by atoms with Crippen molar-refractivity contribution in [3.63, 3.8) is 0 Å². The molecule has 144 valence electrons. The van der Waals surface area contributed by atoms with Gasteiger partial charge in [-0.1, -0.05) is 60.8 Å². The highest BCUT2D eigenvalue weighted by Crippen LogP contribution is 2.33. The van der Waals surface area contributed by atoms with E-state index in [2.05, 4.69) is 41.5 Å². The van der Waals surface area contributed by atoms with Crippen LogP contribution in [0.25, 0.3) is 0 Å². The average molecular weight is 349 g/mol. The fourth-order valence-electron chi connectivity index (χ4n) is 3.27. The van der Waals surface area contributed by atoms with Crippen LogP contribution in [0.2, 0.25) is 0 Å². The average Bonchev–Trinajstić information content (AvgIpc) is 2.51. The van der Waals surface area contributed by atoms with Crippen LogP contribution in [0.15, 0.2) is 12.1 Å². The first-order chi connectivity index (χ1) is 11.6. The van der Waals surface area contributed by atoms with E-state index >= 15 is 0 Å². The molecule has 0 atom stereocenters. The van der Waals surface area contributed by atoms with E-state index in [0.717, 1.165) is 43.2 Å². The van der Waals surface area contributed by atoms with Gasteiger partial charge >= 0.3 is 0 Å². The maximum absolute atomic E-state index is 10.3. The molecule has 0 aliphatic heterocycles. The van der Waals surface area contributed by atoms with Gasteiger partial charge in [0.15, 0.2) is 0 Å². The van der Waals surface area contributed by atoms with Crippen molar-refractivity contribution < 1.29 is 10.2 Å². The van der Waals surface area contributed by atoms with Crippen molar-refractivity contribution in [2.75, 3.05) is 0 Å². The van der Waals surface area contributed by atoms with Gasteiger partial charge in [-0.2, -0.15) is 0 Å². The van der Waals surface area contributed by atoms with E-state index in [-0.39, 0.29) is 0 Å². The fraction of sp³-hybridized carbons (Fsp3) is 0.739. The molecule has 0 radical (unpaired) electrons.